The van der Waals surface area contributed by atoms with Gasteiger partial charge in [0.25, 0.3) is 0 Å². The Balaban J connectivity index is 0. The van der Waals surface area contributed by atoms with Gasteiger partial charge in [0.2, 0.25) is 0 Å². The Hall–Kier alpha value is 0.150. The molecule has 0 aliphatic heterocycles. The molecule has 0 saturated carbocycles. The van der Waals surface area contributed by atoms with Gasteiger partial charge in [-0.1, -0.05) is 220 Å². The largest absolute Gasteiger partial charge is 0.445 e. The molecule has 0 aromatic carbocycles. The van der Waals surface area contributed by atoms with Gasteiger partial charge in [-0.2, -0.15) is 4.67 Å². The second-order valence-corrected chi connectivity index (χ2v) is 16.0. The van der Waals surface area contributed by atoms with Gasteiger partial charge < -0.3 is 23.6 Å². The predicted octanol–water partition coefficient (Wildman–Crippen LogP) is 14.9. The minimum Gasteiger partial charge on any atom is -0.445 e. The molecule has 0 aromatic rings. The van der Waals surface area contributed by atoms with Gasteiger partial charge >= 0.3 is 8.60 Å². The van der Waals surface area contributed by atoms with Gasteiger partial charge in [-0.05, 0) is 12.8 Å². The third kappa shape index (κ3) is 48.2. The molecule has 0 aromatic heterocycles. The summed E-state index contributed by atoms with van der Waals surface area (Å²) in [6.07, 6.45) is 44.3. The fourth-order valence-corrected chi connectivity index (χ4v) is 7.36. The fraction of sp³-hybridized carbons (Fsp3) is 1.00. The van der Waals surface area contributed by atoms with E-state index < -0.39 is 8.60 Å². The molecular formula is C45H96O7P+. The minimum atomic E-state index is -1.63. The van der Waals surface area contributed by atoms with Crippen molar-refractivity contribution in [2.45, 2.75) is 246 Å². The van der Waals surface area contributed by atoms with Crippen LogP contribution in [0.4, 0.5) is 0 Å². The fourth-order valence-electron chi connectivity index (χ4n) is 6.51. The second-order valence-electron chi connectivity index (χ2n) is 14.9. The number of unbranched alkanes of at least 4 members (excludes halogenated alkanes) is 30. The average Bonchev–Trinajstić information content (AvgIpc) is 3.18. The summed E-state index contributed by atoms with van der Waals surface area (Å²) < 4.78 is 29.0. The van der Waals surface area contributed by atoms with Crippen LogP contribution in [-0.2, 0) is 28.1 Å². The van der Waals surface area contributed by atoms with Crippen molar-refractivity contribution in [1.82, 2.24) is 0 Å². The summed E-state index contributed by atoms with van der Waals surface area (Å²) in [6.45, 7) is 11.7. The van der Waals surface area contributed by atoms with Crippen LogP contribution in [0.1, 0.15) is 240 Å². The highest BCUT2D eigenvalue weighted by molar-refractivity contribution is 7.41. The molecule has 0 aliphatic carbocycles. The van der Waals surface area contributed by atoms with Crippen LogP contribution >= 0.6 is 8.60 Å². The van der Waals surface area contributed by atoms with E-state index in [0.29, 0.717) is 32.8 Å². The molecular weight excluding hydrogens is 683 g/mol. The standard InChI is InChI=1S/C43H89O7P.C2H6/c1-4-6-8-10-12-14-16-18-20-22-24-26-28-30-32-34-38-46-41-43(42-49-51(50-45-3)48-40-36-37-44)47-39-35-33-31-29-27-25-23-21-19-17-15-13-11-9-7-5-2;1-2/h43-44H,4-42H2,1-3H3;1-2H3/p+1. The van der Waals surface area contributed by atoms with Crippen LogP contribution in [-0.4, -0.2) is 58.0 Å². The Kier molecular flexibility index (Phi) is 54.4. The van der Waals surface area contributed by atoms with Gasteiger partial charge in [0.05, 0.1) is 26.9 Å². The Morgan fingerprint density at radius 2 is 0.774 bits per heavy atom. The summed E-state index contributed by atoms with van der Waals surface area (Å²) >= 11 is 0. The predicted molar refractivity (Wildman–Crippen MR) is 231 cm³/mol. The number of rotatable bonds is 46. The van der Waals surface area contributed by atoms with Gasteiger partial charge in [-0.3, -0.25) is 0 Å². The van der Waals surface area contributed by atoms with Crippen LogP contribution in [0.5, 0.6) is 0 Å². The van der Waals surface area contributed by atoms with Crippen molar-refractivity contribution < 1.29 is 33.2 Å². The normalized spacial score (nSPS) is 12.6. The third-order valence-corrected chi connectivity index (χ3v) is 10.8. The van der Waals surface area contributed by atoms with E-state index in [1.165, 1.54) is 200 Å². The minimum absolute atomic E-state index is 0.160. The molecule has 53 heavy (non-hydrogen) atoms. The van der Waals surface area contributed by atoms with Crippen molar-refractivity contribution >= 4 is 8.60 Å². The first-order chi connectivity index (χ1) is 26.3. The maximum Gasteiger partial charge on any atom is 0.362 e. The Morgan fingerprint density at radius 3 is 1.13 bits per heavy atom. The van der Waals surface area contributed by atoms with Crippen LogP contribution < -0.4 is 0 Å². The zero-order valence-corrected chi connectivity index (χ0v) is 37.4. The molecule has 0 spiro atoms. The zero-order valence-electron chi connectivity index (χ0n) is 36.6. The lowest BCUT2D eigenvalue weighted by molar-refractivity contribution is -0.192. The monoisotopic (exact) mass is 780 g/mol. The van der Waals surface area contributed by atoms with Crippen molar-refractivity contribution in [3.8, 4) is 0 Å². The highest BCUT2D eigenvalue weighted by Gasteiger charge is 2.18. The SMILES string of the molecule is CC.CCCCCCCCCCCCCCCCCCOCC(COP(OCCC[OH2+])OOC)OCCCCCCCCCCCCCCCCCC. The maximum absolute atomic E-state index is 7.33. The van der Waals surface area contributed by atoms with E-state index in [1.807, 2.05) is 13.8 Å². The van der Waals surface area contributed by atoms with Crippen LogP contribution in [0.25, 0.3) is 0 Å². The van der Waals surface area contributed by atoms with Gasteiger partial charge in [-0.25, -0.2) is 4.89 Å². The summed E-state index contributed by atoms with van der Waals surface area (Å²) in [5, 5.41) is 7.33. The summed E-state index contributed by atoms with van der Waals surface area (Å²) in [5.41, 5.74) is 0. The van der Waals surface area contributed by atoms with E-state index >= 15 is 0 Å². The smallest absolute Gasteiger partial charge is 0.362 e. The summed E-state index contributed by atoms with van der Waals surface area (Å²) in [5.74, 6) is 0. The molecule has 0 radical (unpaired) electrons. The van der Waals surface area contributed by atoms with E-state index in [4.69, 9.17) is 33.2 Å². The third-order valence-electron chi connectivity index (χ3n) is 9.82. The van der Waals surface area contributed by atoms with Crippen molar-refractivity contribution in [3.63, 3.8) is 0 Å². The molecule has 0 saturated heterocycles. The summed E-state index contributed by atoms with van der Waals surface area (Å²) in [4.78, 5) is 4.82. The Morgan fingerprint density at radius 1 is 0.415 bits per heavy atom. The van der Waals surface area contributed by atoms with E-state index in [2.05, 4.69) is 13.8 Å². The van der Waals surface area contributed by atoms with E-state index in [1.54, 1.807) is 0 Å². The molecule has 2 unspecified atom stereocenters. The highest BCUT2D eigenvalue weighted by atomic mass is 31.2. The molecule has 0 heterocycles. The average molecular weight is 780 g/mol. The first-order valence-corrected chi connectivity index (χ1v) is 24.5. The topological polar surface area (TPSA) is 78.3 Å². The highest BCUT2D eigenvalue weighted by Crippen LogP contribution is 2.40. The van der Waals surface area contributed by atoms with Crippen LogP contribution in [0.3, 0.4) is 0 Å². The number of hydrogen-bond donors (Lipinski definition) is 0. The molecule has 322 valence electrons. The molecule has 0 rings (SSSR count). The van der Waals surface area contributed by atoms with Crippen LogP contribution in [0.15, 0.2) is 0 Å². The lowest BCUT2D eigenvalue weighted by Gasteiger charge is -2.21. The Bertz CT molecular complexity index is 615. The van der Waals surface area contributed by atoms with Crippen LogP contribution in [0, 0.1) is 0 Å². The zero-order chi connectivity index (χ0) is 39.0. The van der Waals surface area contributed by atoms with E-state index in [0.717, 1.165) is 26.1 Å². The molecule has 0 aliphatic rings. The van der Waals surface area contributed by atoms with Gasteiger partial charge in [0, 0.05) is 19.6 Å². The first kappa shape index (κ1) is 55.2. The lowest BCUT2D eigenvalue weighted by Crippen LogP contribution is -2.26. The quantitative estimate of drug-likeness (QED) is 0.0201. The van der Waals surface area contributed by atoms with Crippen LogP contribution in [0.2, 0.25) is 0 Å². The number of ether oxygens (including phenoxy) is 2. The van der Waals surface area contributed by atoms with Crippen molar-refractivity contribution in [2.75, 3.05) is 46.8 Å². The maximum atomic E-state index is 7.33. The van der Waals surface area contributed by atoms with E-state index in [9.17, 15) is 0 Å². The Labute approximate surface area is 333 Å². The van der Waals surface area contributed by atoms with Gasteiger partial charge in [-0.15, -0.1) is 0 Å². The summed E-state index contributed by atoms with van der Waals surface area (Å²) in [6, 6.07) is 0. The first-order valence-electron chi connectivity index (χ1n) is 23.4. The van der Waals surface area contributed by atoms with Crippen molar-refractivity contribution in [2.24, 2.45) is 0 Å². The van der Waals surface area contributed by atoms with Crippen molar-refractivity contribution in [1.29, 1.82) is 0 Å². The lowest BCUT2D eigenvalue weighted by atomic mass is 10.0. The molecule has 0 bridgehead atoms. The molecule has 7 nitrogen and oxygen atoms in total. The van der Waals surface area contributed by atoms with Gasteiger partial charge in [0.15, 0.2) is 0 Å². The molecule has 0 amide bonds. The molecule has 2 atom stereocenters. The molecule has 2 N–H and O–H groups in total. The molecule has 8 heteroatoms. The van der Waals surface area contributed by atoms with Crippen molar-refractivity contribution in [3.05, 3.63) is 0 Å². The second kappa shape index (κ2) is 52.2. The number of hydrogen-bond acceptors (Lipinski definition) is 6. The van der Waals surface area contributed by atoms with E-state index in [-0.39, 0.29) is 6.10 Å². The summed E-state index contributed by atoms with van der Waals surface area (Å²) in [7, 11) is -0.169. The van der Waals surface area contributed by atoms with Gasteiger partial charge in [0.1, 0.15) is 12.7 Å². The molecule has 0 fully saturated rings.